The fourth-order valence-corrected chi connectivity index (χ4v) is 2.45. The van der Waals surface area contributed by atoms with Gasteiger partial charge in [0.25, 0.3) is 5.69 Å². The van der Waals surface area contributed by atoms with Gasteiger partial charge in [0.15, 0.2) is 0 Å². The van der Waals surface area contributed by atoms with E-state index in [0.717, 1.165) is 11.1 Å². The predicted molar refractivity (Wildman–Crippen MR) is 88.1 cm³/mol. The Morgan fingerprint density at radius 3 is 2.42 bits per heavy atom. The molecule has 0 fully saturated rings. The number of amides is 2. The quantitative estimate of drug-likeness (QED) is 0.690. The number of carbonyl (C=O) groups is 1. The molecule has 2 aromatic carbocycles. The standard InChI is InChI=1S/C17H14FN3O3/c18-14-3-1-12(2-4-14)13-9-10-20(11-13)17(22)19-15-5-7-16(8-6-15)21(23)24/h1-9H,10-11H2,(H,19,22). The Balaban J connectivity index is 1.61. The molecule has 0 aromatic heterocycles. The highest BCUT2D eigenvalue weighted by Crippen LogP contribution is 2.22. The van der Waals surface area contributed by atoms with Crippen LogP contribution in [0.3, 0.4) is 0 Å². The molecular weight excluding hydrogens is 313 g/mol. The maximum atomic E-state index is 13.0. The Bertz CT molecular complexity index is 801. The van der Waals surface area contributed by atoms with Crippen molar-refractivity contribution >= 4 is 23.0 Å². The molecule has 122 valence electrons. The number of nitro benzene ring substituents is 1. The van der Waals surface area contributed by atoms with Gasteiger partial charge in [-0.25, -0.2) is 9.18 Å². The molecule has 0 saturated carbocycles. The number of hydrogen-bond donors (Lipinski definition) is 1. The van der Waals surface area contributed by atoms with Crippen LogP contribution in [0.5, 0.6) is 0 Å². The SMILES string of the molecule is O=C(Nc1ccc([N+](=O)[O-])cc1)N1CC=C(c2ccc(F)cc2)C1. The van der Waals surface area contributed by atoms with E-state index >= 15 is 0 Å². The zero-order chi connectivity index (χ0) is 17.1. The Labute approximate surface area is 137 Å². The normalized spacial score (nSPS) is 13.5. The molecule has 0 bridgehead atoms. The molecule has 24 heavy (non-hydrogen) atoms. The first kappa shape index (κ1) is 15.7. The zero-order valence-electron chi connectivity index (χ0n) is 12.6. The highest BCUT2D eigenvalue weighted by atomic mass is 19.1. The molecule has 0 saturated heterocycles. The summed E-state index contributed by atoms with van der Waals surface area (Å²) in [5.74, 6) is -0.301. The summed E-state index contributed by atoms with van der Waals surface area (Å²) in [5.41, 5.74) is 2.28. The van der Waals surface area contributed by atoms with Crippen molar-refractivity contribution in [1.82, 2.24) is 4.90 Å². The lowest BCUT2D eigenvalue weighted by atomic mass is 10.1. The van der Waals surface area contributed by atoms with E-state index in [1.807, 2.05) is 6.08 Å². The van der Waals surface area contributed by atoms with Crippen LogP contribution in [0, 0.1) is 15.9 Å². The van der Waals surface area contributed by atoms with E-state index in [1.165, 1.54) is 36.4 Å². The minimum Gasteiger partial charge on any atom is -0.316 e. The van der Waals surface area contributed by atoms with E-state index < -0.39 is 4.92 Å². The lowest BCUT2D eigenvalue weighted by molar-refractivity contribution is -0.384. The number of halogens is 1. The third kappa shape index (κ3) is 3.40. The molecule has 0 radical (unpaired) electrons. The fourth-order valence-electron chi connectivity index (χ4n) is 2.45. The molecule has 3 rings (SSSR count). The monoisotopic (exact) mass is 327 g/mol. The van der Waals surface area contributed by atoms with Crippen LogP contribution < -0.4 is 5.32 Å². The molecule has 7 heteroatoms. The van der Waals surface area contributed by atoms with Crippen molar-refractivity contribution in [3.8, 4) is 0 Å². The van der Waals surface area contributed by atoms with Crippen molar-refractivity contribution in [2.45, 2.75) is 0 Å². The van der Waals surface area contributed by atoms with E-state index in [4.69, 9.17) is 0 Å². The van der Waals surface area contributed by atoms with Gasteiger partial charge in [-0.3, -0.25) is 10.1 Å². The molecule has 1 heterocycles. The molecule has 0 spiro atoms. The summed E-state index contributed by atoms with van der Waals surface area (Å²) in [6.45, 7) is 0.871. The lowest BCUT2D eigenvalue weighted by Gasteiger charge is -2.17. The van der Waals surface area contributed by atoms with Gasteiger partial charge in [-0.15, -0.1) is 0 Å². The van der Waals surface area contributed by atoms with Crippen molar-refractivity contribution in [3.05, 3.63) is 76.1 Å². The molecule has 6 nitrogen and oxygen atoms in total. The number of urea groups is 1. The summed E-state index contributed by atoms with van der Waals surface area (Å²) in [5, 5.41) is 13.3. The van der Waals surface area contributed by atoms with Crippen molar-refractivity contribution in [2.24, 2.45) is 0 Å². The third-order valence-electron chi connectivity index (χ3n) is 3.75. The zero-order valence-corrected chi connectivity index (χ0v) is 12.6. The number of anilines is 1. The van der Waals surface area contributed by atoms with E-state index in [9.17, 15) is 19.3 Å². The maximum absolute atomic E-state index is 13.0. The van der Waals surface area contributed by atoms with Gasteiger partial charge in [-0.1, -0.05) is 18.2 Å². The second kappa shape index (κ2) is 6.49. The average molecular weight is 327 g/mol. The van der Waals surface area contributed by atoms with Crippen molar-refractivity contribution in [3.63, 3.8) is 0 Å². The van der Waals surface area contributed by atoms with Crippen LogP contribution >= 0.6 is 0 Å². The van der Waals surface area contributed by atoms with Gasteiger partial charge in [0.1, 0.15) is 5.82 Å². The first-order valence-electron chi connectivity index (χ1n) is 7.28. The second-order valence-corrected chi connectivity index (χ2v) is 5.35. The van der Waals surface area contributed by atoms with Crippen LogP contribution in [-0.4, -0.2) is 28.9 Å². The molecule has 0 unspecified atom stereocenters. The topological polar surface area (TPSA) is 75.5 Å². The third-order valence-corrected chi connectivity index (χ3v) is 3.75. The number of hydrogen-bond acceptors (Lipinski definition) is 3. The van der Waals surface area contributed by atoms with Gasteiger partial charge < -0.3 is 10.2 Å². The highest BCUT2D eigenvalue weighted by molar-refractivity contribution is 5.91. The Hall–Kier alpha value is -3.22. The van der Waals surface area contributed by atoms with E-state index in [-0.39, 0.29) is 17.5 Å². The Morgan fingerprint density at radius 2 is 1.79 bits per heavy atom. The van der Waals surface area contributed by atoms with Crippen LogP contribution in [0.2, 0.25) is 0 Å². The first-order valence-corrected chi connectivity index (χ1v) is 7.28. The van der Waals surface area contributed by atoms with Crippen LogP contribution in [0.1, 0.15) is 5.56 Å². The van der Waals surface area contributed by atoms with E-state index in [1.54, 1.807) is 17.0 Å². The maximum Gasteiger partial charge on any atom is 0.322 e. The molecule has 2 aromatic rings. The highest BCUT2D eigenvalue weighted by Gasteiger charge is 2.20. The summed E-state index contributed by atoms with van der Waals surface area (Å²) < 4.78 is 13.0. The number of non-ortho nitro benzene ring substituents is 1. The summed E-state index contributed by atoms with van der Waals surface area (Å²) in [6, 6.07) is 11.5. The number of benzene rings is 2. The molecule has 0 atom stereocenters. The van der Waals surface area contributed by atoms with Gasteiger partial charge in [0.2, 0.25) is 0 Å². The second-order valence-electron chi connectivity index (χ2n) is 5.35. The average Bonchev–Trinajstić information content (AvgIpc) is 3.06. The van der Waals surface area contributed by atoms with Gasteiger partial charge in [0, 0.05) is 30.9 Å². The fraction of sp³-hybridized carbons (Fsp3) is 0.118. The van der Waals surface area contributed by atoms with Crippen LogP contribution in [0.15, 0.2) is 54.6 Å². The molecule has 0 aliphatic carbocycles. The molecular formula is C17H14FN3O3. The van der Waals surface area contributed by atoms with Gasteiger partial charge in [0.05, 0.1) is 4.92 Å². The lowest BCUT2D eigenvalue weighted by Crippen LogP contribution is -2.33. The largest absolute Gasteiger partial charge is 0.322 e. The summed E-state index contributed by atoms with van der Waals surface area (Å²) in [4.78, 5) is 24.0. The Kier molecular flexibility index (Phi) is 4.24. The van der Waals surface area contributed by atoms with Gasteiger partial charge >= 0.3 is 6.03 Å². The minimum atomic E-state index is -0.495. The van der Waals surface area contributed by atoms with Gasteiger partial charge in [-0.05, 0) is 35.4 Å². The summed E-state index contributed by atoms with van der Waals surface area (Å²) in [6.07, 6.45) is 1.92. The number of nitrogens with one attached hydrogen (secondary N) is 1. The molecule has 1 aliphatic heterocycles. The summed E-state index contributed by atoms with van der Waals surface area (Å²) >= 11 is 0. The first-order chi connectivity index (χ1) is 11.5. The predicted octanol–water partition coefficient (Wildman–Crippen LogP) is 3.67. The summed E-state index contributed by atoms with van der Waals surface area (Å²) in [7, 11) is 0. The van der Waals surface area contributed by atoms with Crippen molar-refractivity contribution < 1.29 is 14.1 Å². The number of nitro groups is 1. The Morgan fingerprint density at radius 1 is 1.12 bits per heavy atom. The van der Waals surface area contributed by atoms with E-state index in [2.05, 4.69) is 5.32 Å². The number of rotatable bonds is 3. The molecule has 2 amide bonds. The van der Waals surface area contributed by atoms with E-state index in [0.29, 0.717) is 18.8 Å². The molecule has 1 aliphatic rings. The van der Waals surface area contributed by atoms with Gasteiger partial charge in [-0.2, -0.15) is 0 Å². The number of carbonyl (C=O) groups excluding carboxylic acids is 1. The van der Waals surface area contributed by atoms with Crippen LogP contribution in [-0.2, 0) is 0 Å². The minimum absolute atomic E-state index is 0.0329. The van der Waals surface area contributed by atoms with Crippen LogP contribution in [0.4, 0.5) is 20.6 Å². The van der Waals surface area contributed by atoms with Crippen molar-refractivity contribution in [2.75, 3.05) is 18.4 Å². The smallest absolute Gasteiger partial charge is 0.316 e. The number of nitrogens with zero attached hydrogens (tertiary/aromatic N) is 2. The van der Waals surface area contributed by atoms with Crippen molar-refractivity contribution in [1.29, 1.82) is 0 Å². The van der Waals surface area contributed by atoms with Crippen LogP contribution in [0.25, 0.3) is 5.57 Å². The molecule has 1 N–H and O–H groups in total.